The first kappa shape index (κ1) is 12.7. The van der Waals surface area contributed by atoms with Crippen LogP contribution in [0, 0.1) is 0 Å². The molecular weight excluding hydrogens is 256 g/mol. The normalized spacial score (nSPS) is 21.9. The van der Waals surface area contributed by atoms with E-state index in [2.05, 4.69) is 64.9 Å². The van der Waals surface area contributed by atoms with Crippen molar-refractivity contribution < 1.29 is 0 Å². The number of hydrogen-bond acceptors (Lipinski definition) is 1. The van der Waals surface area contributed by atoms with Crippen molar-refractivity contribution in [1.29, 1.82) is 0 Å². The molecule has 0 radical (unpaired) electrons. The average molecular weight is 276 g/mol. The lowest BCUT2D eigenvalue weighted by molar-refractivity contribution is 0.468. The molecule has 21 heavy (non-hydrogen) atoms. The summed E-state index contributed by atoms with van der Waals surface area (Å²) in [6, 6.07) is 19.9. The Morgan fingerprint density at radius 2 is 1.90 bits per heavy atom. The Morgan fingerprint density at radius 1 is 1.00 bits per heavy atom. The van der Waals surface area contributed by atoms with Crippen molar-refractivity contribution in [3.8, 4) is 0 Å². The van der Waals surface area contributed by atoms with Crippen LogP contribution in [0.3, 0.4) is 0 Å². The summed E-state index contributed by atoms with van der Waals surface area (Å²) in [5.41, 5.74) is 4.34. The Kier molecular flexibility index (Phi) is 3.04. The smallest absolute Gasteiger partial charge is 0.0456 e. The first-order valence-electron chi connectivity index (χ1n) is 7.68. The Bertz CT molecular complexity index is 736. The molecule has 0 aliphatic carbocycles. The first-order chi connectivity index (χ1) is 10.4. The topological polar surface area (TPSA) is 27.8 Å². The van der Waals surface area contributed by atoms with Crippen molar-refractivity contribution in [2.45, 2.75) is 18.3 Å². The van der Waals surface area contributed by atoms with Gasteiger partial charge in [-0.2, -0.15) is 0 Å². The zero-order valence-electron chi connectivity index (χ0n) is 12.1. The van der Waals surface area contributed by atoms with Crippen LogP contribution in [0.25, 0.3) is 10.9 Å². The van der Waals surface area contributed by atoms with Crippen LogP contribution in [0.5, 0.6) is 0 Å². The van der Waals surface area contributed by atoms with E-state index in [-0.39, 0.29) is 5.41 Å². The van der Waals surface area contributed by atoms with E-state index in [0.29, 0.717) is 0 Å². The summed E-state index contributed by atoms with van der Waals surface area (Å²) in [5, 5.41) is 4.85. The maximum atomic E-state index is 3.56. The molecule has 0 unspecified atom stereocenters. The van der Waals surface area contributed by atoms with Crippen molar-refractivity contribution in [3.63, 3.8) is 0 Å². The lowest BCUT2D eigenvalue weighted by atomic mass is 9.75. The number of nitrogens with one attached hydrogen (secondary N) is 2. The van der Waals surface area contributed by atoms with E-state index in [1.54, 1.807) is 0 Å². The Balaban J connectivity index is 1.76. The summed E-state index contributed by atoms with van der Waals surface area (Å²) in [7, 11) is 0. The molecule has 2 nitrogen and oxygen atoms in total. The summed E-state index contributed by atoms with van der Waals surface area (Å²) in [5.74, 6) is 0. The molecule has 1 aromatic heterocycles. The fourth-order valence-corrected chi connectivity index (χ4v) is 3.61. The van der Waals surface area contributed by atoms with Gasteiger partial charge in [0, 0.05) is 23.7 Å². The molecule has 0 bridgehead atoms. The Labute approximate surface area is 125 Å². The quantitative estimate of drug-likeness (QED) is 0.751. The lowest BCUT2D eigenvalue weighted by Crippen LogP contribution is -2.31. The van der Waals surface area contributed by atoms with Crippen LogP contribution in [0.2, 0.25) is 0 Å². The highest BCUT2D eigenvalue weighted by Gasteiger charge is 2.35. The highest BCUT2D eigenvalue weighted by Crippen LogP contribution is 2.35. The maximum Gasteiger partial charge on any atom is 0.0456 e. The van der Waals surface area contributed by atoms with Crippen LogP contribution in [0.4, 0.5) is 0 Å². The summed E-state index contributed by atoms with van der Waals surface area (Å²) >= 11 is 0. The van der Waals surface area contributed by atoms with Crippen LogP contribution in [0.15, 0.2) is 60.8 Å². The minimum atomic E-state index is 0.223. The molecule has 1 aliphatic rings. The molecule has 0 spiro atoms. The second kappa shape index (κ2) is 5.05. The Hall–Kier alpha value is -2.06. The van der Waals surface area contributed by atoms with Gasteiger partial charge in [-0.15, -0.1) is 0 Å². The molecule has 2 N–H and O–H groups in total. The lowest BCUT2D eigenvalue weighted by Gasteiger charge is -2.29. The van der Waals surface area contributed by atoms with Crippen LogP contribution < -0.4 is 5.32 Å². The number of rotatable bonds is 3. The fraction of sp³-hybridized carbons (Fsp3) is 0.263. The molecular formula is C19H20N2. The molecule has 0 amide bonds. The molecule has 1 atom stereocenters. The summed E-state index contributed by atoms with van der Waals surface area (Å²) in [4.78, 5) is 3.34. The molecule has 2 aromatic carbocycles. The van der Waals surface area contributed by atoms with E-state index in [1.165, 1.54) is 28.5 Å². The largest absolute Gasteiger partial charge is 0.361 e. The second-order valence-electron chi connectivity index (χ2n) is 6.15. The summed E-state index contributed by atoms with van der Waals surface area (Å²) in [6.07, 6.45) is 4.33. The van der Waals surface area contributed by atoms with E-state index in [9.17, 15) is 0 Å². The minimum Gasteiger partial charge on any atom is -0.361 e. The first-order valence-corrected chi connectivity index (χ1v) is 7.68. The summed E-state index contributed by atoms with van der Waals surface area (Å²) < 4.78 is 0. The van der Waals surface area contributed by atoms with Gasteiger partial charge in [-0.1, -0.05) is 42.5 Å². The minimum absolute atomic E-state index is 0.223. The van der Waals surface area contributed by atoms with Gasteiger partial charge in [-0.3, -0.25) is 0 Å². The fourth-order valence-electron chi connectivity index (χ4n) is 3.61. The highest BCUT2D eigenvalue weighted by molar-refractivity contribution is 5.80. The van der Waals surface area contributed by atoms with Crippen molar-refractivity contribution in [1.82, 2.24) is 10.3 Å². The van der Waals surface area contributed by atoms with Crippen molar-refractivity contribution in [2.75, 3.05) is 13.1 Å². The van der Waals surface area contributed by atoms with Crippen molar-refractivity contribution >= 4 is 10.9 Å². The third-order valence-electron chi connectivity index (χ3n) is 4.80. The van der Waals surface area contributed by atoms with E-state index in [4.69, 9.17) is 0 Å². The molecule has 106 valence electrons. The average Bonchev–Trinajstić information content (AvgIpc) is 3.17. The van der Waals surface area contributed by atoms with E-state index >= 15 is 0 Å². The van der Waals surface area contributed by atoms with E-state index < -0.39 is 0 Å². The van der Waals surface area contributed by atoms with Gasteiger partial charge in [-0.25, -0.2) is 0 Å². The van der Waals surface area contributed by atoms with Crippen LogP contribution >= 0.6 is 0 Å². The third kappa shape index (κ3) is 2.26. The van der Waals surface area contributed by atoms with Gasteiger partial charge in [0.05, 0.1) is 0 Å². The molecule has 1 aliphatic heterocycles. The number of aromatic amines is 1. The molecule has 0 saturated carbocycles. The predicted octanol–water partition coefficient (Wildman–Crippen LogP) is 3.64. The number of fused-ring (bicyclic) bond motifs is 1. The zero-order valence-corrected chi connectivity index (χ0v) is 12.1. The molecule has 2 heterocycles. The van der Waals surface area contributed by atoms with Gasteiger partial charge in [-0.05, 0) is 48.0 Å². The zero-order chi connectivity index (χ0) is 14.1. The molecule has 2 heteroatoms. The van der Waals surface area contributed by atoms with Crippen LogP contribution in [-0.4, -0.2) is 18.1 Å². The van der Waals surface area contributed by atoms with Crippen molar-refractivity contribution in [3.05, 3.63) is 71.9 Å². The second-order valence-corrected chi connectivity index (χ2v) is 6.15. The predicted molar refractivity (Wildman–Crippen MR) is 87.6 cm³/mol. The molecule has 3 aromatic rings. The van der Waals surface area contributed by atoms with Crippen LogP contribution in [0.1, 0.15) is 17.5 Å². The summed E-state index contributed by atoms with van der Waals surface area (Å²) in [6.45, 7) is 2.17. The highest BCUT2D eigenvalue weighted by atomic mass is 14.9. The molecule has 4 rings (SSSR count). The maximum absolute atomic E-state index is 3.56. The number of H-pyrrole nitrogens is 1. The van der Waals surface area contributed by atoms with Gasteiger partial charge in [0.25, 0.3) is 0 Å². The van der Waals surface area contributed by atoms with Gasteiger partial charge in [0.1, 0.15) is 0 Å². The van der Waals surface area contributed by atoms with Gasteiger partial charge in [0.15, 0.2) is 0 Å². The van der Waals surface area contributed by atoms with E-state index in [1.807, 2.05) is 6.20 Å². The molecule has 1 fully saturated rings. The van der Waals surface area contributed by atoms with Gasteiger partial charge < -0.3 is 10.3 Å². The van der Waals surface area contributed by atoms with Crippen molar-refractivity contribution in [2.24, 2.45) is 0 Å². The number of hydrogen-bond donors (Lipinski definition) is 2. The van der Waals surface area contributed by atoms with Crippen LogP contribution in [-0.2, 0) is 11.8 Å². The Morgan fingerprint density at radius 3 is 2.71 bits per heavy atom. The van der Waals surface area contributed by atoms with Gasteiger partial charge >= 0.3 is 0 Å². The van der Waals surface area contributed by atoms with E-state index in [0.717, 1.165) is 19.5 Å². The number of benzene rings is 2. The SMILES string of the molecule is c1ccc(C[C@]2(c3ccc4cc[nH]c4c3)CCNC2)cc1. The monoisotopic (exact) mass is 276 g/mol. The standard InChI is InChI=1S/C19H20N2/c1-2-4-15(5-3-1)13-19(9-11-20-14-19)17-7-6-16-8-10-21-18(16)12-17/h1-8,10,12,20-21H,9,11,13-14H2/t19-/m1/s1. The third-order valence-corrected chi connectivity index (χ3v) is 4.80. The number of aromatic nitrogens is 1. The molecule has 1 saturated heterocycles. The van der Waals surface area contributed by atoms with Gasteiger partial charge in [0.2, 0.25) is 0 Å².